The van der Waals surface area contributed by atoms with Crippen molar-refractivity contribution in [2.24, 2.45) is 0 Å². The fourth-order valence-electron chi connectivity index (χ4n) is 3.03. The number of pyridine rings is 1. The zero-order valence-corrected chi connectivity index (χ0v) is 15.6. The van der Waals surface area contributed by atoms with Crippen LogP contribution in [-0.4, -0.2) is 15.3 Å². The summed E-state index contributed by atoms with van der Waals surface area (Å²) in [5.41, 5.74) is 4.56. The fraction of sp³-hybridized carbons (Fsp3) is 0.130. The maximum Gasteiger partial charge on any atom is 0.230 e. The van der Waals surface area contributed by atoms with E-state index in [0.717, 1.165) is 33.9 Å². The van der Waals surface area contributed by atoms with Crippen molar-refractivity contribution in [1.82, 2.24) is 9.38 Å². The lowest BCUT2D eigenvalue weighted by atomic mass is 10.2. The Morgan fingerprint density at radius 2 is 1.82 bits per heavy atom. The molecule has 2 aromatic heterocycles. The third-order valence-corrected chi connectivity index (χ3v) is 4.46. The monoisotopic (exact) mass is 371 g/mol. The highest BCUT2D eigenvalue weighted by Crippen LogP contribution is 2.18. The number of hydrogen-bond acceptors (Lipinski definition) is 3. The van der Waals surface area contributed by atoms with Crippen LogP contribution < -0.4 is 10.1 Å². The lowest BCUT2D eigenvalue weighted by Crippen LogP contribution is -2.14. The molecule has 0 fully saturated rings. The molecule has 5 nitrogen and oxygen atoms in total. The normalized spacial score (nSPS) is 10.8. The van der Waals surface area contributed by atoms with Gasteiger partial charge in [-0.3, -0.25) is 4.79 Å². The highest BCUT2D eigenvalue weighted by atomic mass is 16.5. The molecule has 0 saturated heterocycles. The molecule has 0 aliphatic heterocycles. The number of hydrogen-bond donors (Lipinski definition) is 1. The van der Waals surface area contributed by atoms with Crippen molar-refractivity contribution in [3.63, 3.8) is 0 Å². The van der Waals surface area contributed by atoms with E-state index in [1.807, 2.05) is 90.4 Å². The number of ether oxygens (including phenoxy) is 1. The summed E-state index contributed by atoms with van der Waals surface area (Å²) in [5, 5.41) is 2.91. The standard InChI is InChI=1S/C23H21N3O2/c1-17-6-5-13-26-15-20(25-23(17)26)14-22(27)24-19-9-11-21(12-10-19)28-16-18-7-3-2-4-8-18/h2-13,15H,14,16H2,1H3,(H,24,27). The molecule has 0 aliphatic rings. The number of imidazole rings is 1. The summed E-state index contributed by atoms with van der Waals surface area (Å²) in [7, 11) is 0. The van der Waals surface area contributed by atoms with E-state index >= 15 is 0 Å². The van der Waals surface area contributed by atoms with Gasteiger partial charge in [0, 0.05) is 18.1 Å². The number of nitrogens with one attached hydrogen (secondary N) is 1. The van der Waals surface area contributed by atoms with Crippen LogP contribution in [0.5, 0.6) is 5.75 Å². The van der Waals surface area contributed by atoms with Crippen LogP contribution in [0, 0.1) is 6.92 Å². The predicted octanol–water partition coefficient (Wildman–Crippen LogP) is 4.40. The second-order valence-corrected chi connectivity index (χ2v) is 6.68. The molecule has 0 atom stereocenters. The molecule has 0 unspecified atom stereocenters. The number of rotatable bonds is 6. The minimum absolute atomic E-state index is 0.0981. The molecule has 140 valence electrons. The van der Waals surface area contributed by atoms with Gasteiger partial charge in [0.05, 0.1) is 12.1 Å². The van der Waals surface area contributed by atoms with Crippen LogP contribution in [0.25, 0.3) is 5.65 Å². The third-order valence-electron chi connectivity index (χ3n) is 4.46. The molecule has 0 aliphatic carbocycles. The van der Waals surface area contributed by atoms with Crippen LogP contribution in [0.2, 0.25) is 0 Å². The molecular weight excluding hydrogens is 350 g/mol. The van der Waals surface area contributed by atoms with Crippen molar-refractivity contribution in [2.45, 2.75) is 20.0 Å². The summed E-state index contributed by atoms with van der Waals surface area (Å²) in [6.07, 6.45) is 4.06. The Morgan fingerprint density at radius 3 is 2.57 bits per heavy atom. The van der Waals surface area contributed by atoms with E-state index in [9.17, 15) is 4.79 Å². The quantitative estimate of drug-likeness (QED) is 0.546. The van der Waals surface area contributed by atoms with Gasteiger partial charge in [0.25, 0.3) is 0 Å². The Bertz CT molecular complexity index is 1090. The van der Waals surface area contributed by atoms with Crippen molar-refractivity contribution in [2.75, 3.05) is 5.32 Å². The second kappa shape index (κ2) is 7.96. The zero-order valence-electron chi connectivity index (χ0n) is 15.6. The van der Waals surface area contributed by atoms with Gasteiger partial charge in [0.2, 0.25) is 5.91 Å². The number of anilines is 1. The van der Waals surface area contributed by atoms with Crippen LogP contribution in [0.1, 0.15) is 16.8 Å². The SMILES string of the molecule is Cc1cccn2cc(CC(=O)Nc3ccc(OCc4ccccc4)cc3)nc12. The lowest BCUT2D eigenvalue weighted by Gasteiger charge is -2.08. The van der Waals surface area contributed by atoms with Gasteiger partial charge in [0.1, 0.15) is 18.0 Å². The summed E-state index contributed by atoms with van der Waals surface area (Å²) in [6.45, 7) is 2.52. The molecule has 5 heteroatoms. The van der Waals surface area contributed by atoms with Crippen molar-refractivity contribution < 1.29 is 9.53 Å². The highest BCUT2D eigenvalue weighted by Gasteiger charge is 2.09. The summed E-state index contributed by atoms with van der Waals surface area (Å²) < 4.78 is 7.71. The van der Waals surface area contributed by atoms with E-state index in [2.05, 4.69) is 10.3 Å². The van der Waals surface area contributed by atoms with Gasteiger partial charge in [-0.1, -0.05) is 36.4 Å². The Labute approximate surface area is 163 Å². The van der Waals surface area contributed by atoms with Gasteiger partial charge in [-0.25, -0.2) is 4.98 Å². The van der Waals surface area contributed by atoms with Crippen LogP contribution in [0.4, 0.5) is 5.69 Å². The summed E-state index contributed by atoms with van der Waals surface area (Å²) >= 11 is 0. The van der Waals surface area contributed by atoms with E-state index in [1.54, 1.807) is 0 Å². The van der Waals surface area contributed by atoms with Gasteiger partial charge >= 0.3 is 0 Å². The summed E-state index contributed by atoms with van der Waals surface area (Å²) in [6, 6.07) is 21.4. The minimum atomic E-state index is -0.0981. The van der Waals surface area contributed by atoms with E-state index in [0.29, 0.717) is 6.61 Å². The van der Waals surface area contributed by atoms with Crippen LogP contribution in [0.15, 0.2) is 79.1 Å². The Balaban J connectivity index is 1.34. The molecule has 4 aromatic rings. The van der Waals surface area contributed by atoms with Crippen molar-refractivity contribution >= 4 is 17.2 Å². The molecular formula is C23H21N3O2. The van der Waals surface area contributed by atoms with Gasteiger partial charge in [0.15, 0.2) is 0 Å². The smallest absolute Gasteiger partial charge is 0.230 e. The van der Waals surface area contributed by atoms with Gasteiger partial charge < -0.3 is 14.5 Å². The number of aryl methyl sites for hydroxylation is 1. The van der Waals surface area contributed by atoms with Crippen molar-refractivity contribution in [3.05, 3.63) is 95.9 Å². The first kappa shape index (κ1) is 17.8. The van der Waals surface area contributed by atoms with E-state index in [4.69, 9.17) is 4.74 Å². The Hall–Kier alpha value is -3.60. The molecule has 4 rings (SSSR count). The first-order valence-electron chi connectivity index (χ1n) is 9.17. The first-order chi connectivity index (χ1) is 13.7. The van der Waals surface area contributed by atoms with E-state index < -0.39 is 0 Å². The molecule has 2 aromatic carbocycles. The Morgan fingerprint density at radius 1 is 1.04 bits per heavy atom. The topological polar surface area (TPSA) is 55.6 Å². The average molecular weight is 371 g/mol. The fourth-order valence-corrected chi connectivity index (χ4v) is 3.03. The van der Waals surface area contributed by atoms with Crippen LogP contribution in [0.3, 0.4) is 0 Å². The number of benzene rings is 2. The zero-order chi connectivity index (χ0) is 19.3. The number of aromatic nitrogens is 2. The van der Waals surface area contributed by atoms with Gasteiger partial charge in [-0.15, -0.1) is 0 Å². The maximum absolute atomic E-state index is 12.3. The molecule has 1 amide bonds. The number of fused-ring (bicyclic) bond motifs is 1. The van der Waals surface area contributed by atoms with E-state index in [1.165, 1.54) is 0 Å². The molecule has 2 heterocycles. The molecule has 1 N–H and O–H groups in total. The van der Waals surface area contributed by atoms with Crippen molar-refractivity contribution in [3.8, 4) is 5.75 Å². The van der Waals surface area contributed by atoms with Crippen molar-refractivity contribution in [1.29, 1.82) is 0 Å². The highest BCUT2D eigenvalue weighted by molar-refractivity contribution is 5.92. The van der Waals surface area contributed by atoms with E-state index in [-0.39, 0.29) is 12.3 Å². The average Bonchev–Trinajstić information content (AvgIpc) is 3.12. The minimum Gasteiger partial charge on any atom is -0.489 e. The first-order valence-corrected chi connectivity index (χ1v) is 9.17. The number of carbonyl (C=O) groups is 1. The summed E-state index contributed by atoms with van der Waals surface area (Å²) in [4.78, 5) is 16.9. The third kappa shape index (κ3) is 4.20. The Kier molecular flexibility index (Phi) is 5.06. The van der Waals surface area contributed by atoms with Gasteiger partial charge in [-0.2, -0.15) is 0 Å². The number of amides is 1. The maximum atomic E-state index is 12.3. The van der Waals surface area contributed by atoms with Gasteiger partial charge in [-0.05, 0) is 48.4 Å². The molecule has 0 bridgehead atoms. The lowest BCUT2D eigenvalue weighted by molar-refractivity contribution is -0.115. The number of nitrogens with zero attached hydrogens (tertiary/aromatic N) is 2. The predicted molar refractivity (Wildman–Crippen MR) is 109 cm³/mol. The molecule has 0 radical (unpaired) electrons. The second-order valence-electron chi connectivity index (χ2n) is 6.68. The largest absolute Gasteiger partial charge is 0.489 e. The molecule has 28 heavy (non-hydrogen) atoms. The van der Waals surface area contributed by atoms with Crippen LogP contribution in [-0.2, 0) is 17.8 Å². The molecule has 0 saturated carbocycles. The summed E-state index contributed by atoms with van der Waals surface area (Å²) in [5.74, 6) is 0.664. The van der Waals surface area contributed by atoms with Crippen LogP contribution >= 0.6 is 0 Å². The molecule has 0 spiro atoms. The number of carbonyl (C=O) groups excluding carboxylic acids is 1.